The molecule has 0 aromatic heterocycles. The van der Waals surface area contributed by atoms with Crippen molar-refractivity contribution in [1.29, 1.82) is 0 Å². The van der Waals surface area contributed by atoms with E-state index in [-0.39, 0.29) is 0 Å². The molecule has 3 rings (SSSR count). The fourth-order valence-corrected chi connectivity index (χ4v) is 3.28. The fraction of sp³-hybridized carbons (Fsp3) is 0.588. The van der Waals surface area contributed by atoms with Gasteiger partial charge in [0.25, 0.3) is 0 Å². The summed E-state index contributed by atoms with van der Waals surface area (Å²) in [6.45, 7) is 12.8. The lowest BCUT2D eigenvalue weighted by Gasteiger charge is -2.37. The maximum absolute atomic E-state index is 5.87. The summed E-state index contributed by atoms with van der Waals surface area (Å²) in [7, 11) is 0. The molecule has 0 aliphatic carbocycles. The average Bonchev–Trinajstić information content (AvgIpc) is 2.94. The molecule has 120 valence electrons. The van der Waals surface area contributed by atoms with Crippen LogP contribution in [0.4, 0.5) is 5.69 Å². The smallest absolute Gasteiger partial charge is 0.191 e. The number of nitrogens with two attached hydrogens (primary N) is 1. The quantitative estimate of drug-likeness (QED) is 0.903. The summed E-state index contributed by atoms with van der Waals surface area (Å²) in [6, 6.07) is 6.61. The van der Waals surface area contributed by atoms with Gasteiger partial charge in [0.05, 0.1) is 6.54 Å². The molecule has 0 radical (unpaired) electrons. The second-order valence-corrected chi connectivity index (χ2v) is 6.27. The van der Waals surface area contributed by atoms with Crippen LogP contribution in [0, 0.1) is 13.8 Å². The zero-order chi connectivity index (χ0) is 15.5. The number of aliphatic imine (C=N–C) groups is 1. The Balaban J connectivity index is 1.50. The molecule has 0 bridgehead atoms. The third kappa shape index (κ3) is 3.19. The van der Waals surface area contributed by atoms with Crippen LogP contribution in [0.2, 0.25) is 0 Å². The molecule has 1 aromatic rings. The van der Waals surface area contributed by atoms with Crippen molar-refractivity contribution in [2.45, 2.75) is 13.8 Å². The number of rotatable bonds is 4. The summed E-state index contributed by atoms with van der Waals surface area (Å²) in [4.78, 5) is 11.5. The molecule has 2 N–H and O–H groups in total. The Morgan fingerprint density at radius 1 is 1.05 bits per heavy atom. The summed E-state index contributed by atoms with van der Waals surface area (Å²) in [5, 5.41) is 0. The standard InChI is InChI=1S/C17H27N5/c1-14-4-3-5-16(15(14)2)21-11-8-20(9-12-21)10-13-22-7-6-19-17(22)18/h3-5H,6-13H2,1-2H3,(H2,18,19). The molecule has 2 heterocycles. The molecule has 1 saturated heterocycles. The highest BCUT2D eigenvalue weighted by Gasteiger charge is 2.20. The van der Waals surface area contributed by atoms with Gasteiger partial charge in [0.1, 0.15) is 0 Å². The minimum atomic E-state index is 0.717. The van der Waals surface area contributed by atoms with E-state index in [1.165, 1.54) is 16.8 Å². The van der Waals surface area contributed by atoms with Crippen molar-refractivity contribution in [2.75, 3.05) is 57.3 Å². The molecule has 22 heavy (non-hydrogen) atoms. The Kier molecular flexibility index (Phi) is 4.52. The monoisotopic (exact) mass is 301 g/mol. The molecule has 0 spiro atoms. The van der Waals surface area contributed by atoms with Gasteiger partial charge in [0.15, 0.2) is 5.96 Å². The van der Waals surface area contributed by atoms with Gasteiger partial charge < -0.3 is 15.5 Å². The van der Waals surface area contributed by atoms with Gasteiger partial charge in [-0.25, -0.2) is 0 Å². The number of nitrogens with zero attached hydrogens (tertiary/aromatic N) is 4. The minimum absolute atomic E-state index is 0.717. The van der Waals surface area contributed by atoms with Crippen LogP contribution in [0.1, 0.15) is 11.1 Å². The number of guanidine groups is 1. The predicted molar refractivity (Wildman–Crippen MR) is 92.6 cm³/mol. The van der Waals surface area contributed by atoms with Crippen LogP contribution in [-0.4, -0.2) is 68.1 Å². The third-order valence-electron chi connectivity index (χ3n) is 4.94. The Bertz CT molecular complexity index is 546. The first kappa shape index (κ1) is 15.2. The minimum Gasteiger partial charge on any atom is -0.370 e. The van der Waals surface area contributed by atoms with Crippen LogP contribution in [0.5, 0.6) is 0 Å². The van der Waals surface area contributed by atoms with E-state index >= 15 is 0 Å². The first-order valence-electron chi connectivity index (χ1n) is 8.23. The molecule has 1 fully saturated rings. The molecule has 0 saturated carbocycles. The normalized spacial score (nSPS) is 19.6. The molecular formula is C17H27N5. The van der Waals surface area contributed by atoms with E-state index in [1.54, 1.807) is 0 Å². The van der Waals surface area contributed by atoms with Crippen molar-refractivity contribution in [3.05, 3.63) is 29.3 Å². The predicted octanol–water partition coefficient (Wildman–Crippen LogP) is 1.06. The van der Waals surface area contributed by atoms with Crippen molar-refractivity contribution in [3.63, 3.8) is 0 Å². The molecule has 5 nitrogen and oxygen atoms in total. The molecule has 0 unspecified atom stereocenters. The summed E-state index contributed by atoms with van der Waals surface area (Å²) in [5.41, 5.74) is 10.1. The zero-order valence-electron chi connectivity index (χ0n) is 13.8. The van der Waals surface area contributed by atoms with Gasteiger partial charge in [-0.05, 0) is 31.0 Å². The highest BCUT2D eigenvalue weighted by atomic mass is 15.3. The largest absolute Gasteiger partial charge is 0.370 e. The van der Waals surface area contributed by atoms with E-state index in [0.717, 1.165) is 52.4 Å². The lowest BCUT2D eigenvalue weighted by atomic mass is 10.1. The molecule has 1 aromatic carbocycles. The first-order valence-corrected chi connectivity index (χ1v) is 8.23. The van der Waals surface area contributed by atoms with Gasteiger partial charge in [0, 0.05) is 51.5 Å². The number of hydrogen-bond donors (Lipinski definition) is 1. The lowest BCUT2D eigenvalue weighted by molar-refractivity contribution is 0.237. The van der Waals surface area contributed by atoms with Crippen LogP contribution in [0.3, 0.4) is 0 Å². The highest BCUT2D eigenvalue weighted by Crippen LogP contribution is 2.23. The van der Waals surface area contributed by atoms with Crippen molar-refractivity contribution in [2.24, 2.45) is 10.7 Å². The number of piperazine rings is 1. The van der Waals surface area contributed by atoms with E-state index in [1.807, 2.05) is 0 Å². The molecule has 0 atom stereocenters. The Morgan fingerprint density at radius 3 is 2.50 bits per heavy atom. The maximum Gasteiger partial charge on any atom is 0.191 e. The van der Waals surface area contributed by atoms with Gasteiger partial charge in [-0.2, -0.15) is 0 Å². The van der Waals surface area contributed by atoms with Crippen LogP contribution in [0.25, 0.3) is 0 Å². The summed E-state index contributed by atoms with van der Waals surface area (Å²) in [5.74, 6) is 0.717. The lowest BCUT2D eigenvalue weighted by Crippen LogP contribution is -2.49. The average molecular weight is 301 g/mol. The summed E-state index contributed by atoms with van der Waals surface area (Å²) >= 11 is 0. The van der Waals surface area contributed by atoms with E-state index in [9.17, 15) is 0 Å². The number of anilines is 1. The Labute approximate surface area is 133 Å². The second kappa shape index (κ2) is 6.57. The van der Waals surface area contributed by atoms with E-state index in [4.69, 9.17) is 5.73 Å². The topological polar surface area (TPSA) is 48.1 Å². The van der Waals surface area contributed by atoms with Gasteiger partial charge >= 0.3 is 0 Å². The van der Waals surface area contributed by atoms with E-state index < -0.39 is 0 Å². The van der Waals surface area contributed by atoms with Crippen LogP contribution < -0.4 is 10.6 Å². The maximum atomic E-state index is 5.87. The molecule has 0 amide bonds. The first-order chi connectivity index (χ1) is 10.6. The Hall–Kier alpha value is -1.75. The van der Waals surface area contributed by atoms with Crippen LogP contribution in [-0.2, 0) is 0 Å². The highest BCUT2D eigenvalue weighted by molar-refractivity contribution is 5.79. The summed E-state index contributed by atoms with van der Waals surface area (Å²) in [6.07, 6.45) is 0. The van der Waals surface area contributed by atoms with Crippen molar-refractivity contribution >= 4 is 11.6 Å². The number of aryl methyl sites for hydroxylation is 1. The molecule has 5 heteroatoms. The van der Waals surface area contributed by atoms with Crippen molar-refractivity contribution in [1.82, 2.24) is 9.80 Å². The third-order valence-corrected chi connectivity index (χ3v) is 4.94. The van der Waals surface area contributed by atoms with E-state index in [2.05, 4.69) is 51.7 Å². The second-order valence-electron chi connectivity index (χ2n) is 6.27. The number of benzene rings is 1. The van der Waals surface area contributed by atoms with Crippen molar-refractivity contribution < 1.29 is 0 Å². The van der Waals surface area contributed by atoms with Gasteiger partial charge in [-0.3, -0.25) is 9.89 Å². The van der Waals surface area contributed by atoms with Gasteiger partial charge in [-0.1, -0.05) is 12.1 Å². The number of hydrogen-bond acceptors (Lipinski definition) is 5. The summed E-state index contributed by atoms with van der Waals surface area (Å²) < 4.78 is 0. The molecule has 2 aliphatic heterocycles. The zero-order valence-corrected chi connectivity index (χ0v) is 13.8. The van der Waals surface area contributed by atoms with Gasteiger partial charge in [0.2, 0.25) is 0 Å². The Morgan fingerprint density at radius 2 is 1.82 bits per heavy atom. The fourth-order valence-electron chi connectivity index (χ4n) is 3.28. The van der Waals surface area contributed by atoms with Crippen LogP contribution in [0.15, 0.2) is 23.2 Å². The SMILES string of the molecule is Cc1cccc(N2CCN(CCN3CCN=C3N)CC2)c1C. The van der Waals surface area contributed by atoms with Crippen LogP contribution >= 0.6 is 0 Å². The molecule has 2 aliphatic rings. The molecular weight excluding hydrogens is 274 g/mol. The van der Waals surface area contributed by atoms with Crippen molar-refractivity contribution in [3.8, 4) is 0 Å². The van der Waals surface area contributed by atoms with Gasteiger partial charge in [-0.15, -0.1) is 0 Å². The van der Waals surface area contributed by atoms with E-state index in [0.29, 0.717) is 5.96 Å².